The average Bonchev–Trinajstić information content (AvgIpc) is 3.76. The zero-order valence-electron chi connectivity index (χ0n) is 41.6. The van der Waals surface area contributed by atoms with E-state index in [1.165, 1.54) is 0 Å². The summed E-state index contributed by atoms with van der Waals surface area (Å²) in [4.78, 5) is 104. The largest absolute Gasteiger partial charge is 0.481 e. The number of nitrogens with zero attached hydrogens (tertiary/aromatic N) is 7. The van der Waals surface area contributed by atoms with Crippen molar-refractivity contribution >= 4 is 41.7 Å². The van der Waals surface area contributed by atoms with Crippen LogP contribution in [0.5, 0.6) is 0 Å². The van der Waals surface area contributed by atoms with E-state index in [0.29, 0.717) is 24.6 Å². The molecule has 0 fully saturated rings. The molecule has 0 saturated heterocycles. The van der Waals surface area contributed by atoms with Crippen LogP contribution in [0.25, 0.3) is 0 Å². The van der Waals surface area contributed by atoms with Crippen LogP contribution in [-0.2, 0) is 78.7 Å². The lowest BCUT2D eigenvalue weighted by Gasteiger charge is -2.27. The van der Waals surface area contributed by atoms with Gasteiger partial charge in [0.2, 0.25) is 11.8 Å². The monoisotopic (exact) mass is 932 g/mol. The number of carbonyl (C=O) groups is 7. The third-order valence-electron chi connectivity index (χ3n) is 9.22. The lowest BCUT2D eigenvalue weighted by molar-refractivity contribution is -0.165. The van der Waals surface area contributed by atoms with Crippen LogP contribution < -0.4 is 0 Å². The number of hydrogen-bond donors (Lipinski definition) is 1. The maximum atomic E-state index is 13.9. The van der Waals surface area contributed by atoms with Crippen LogP contribution in [0.2, 0.25) is 0 Å². The van der Waals surface area contributed by atoms with Gasteiger partial charge in [-0.1, -0.05) is 38.5 Å². The summed E-state index contributed by atoms with van der Waals surface area (Å²) in [5.41, 5.74) is -3.26. The van der Waals surface area contributed by atoms with Gasteiger partial charge in [-0.05, 0) is 102 Å². The molecular formula is C47H77N7O12. The molecule has 0 aliphatic rings. The number of imidazole rings is 2. The quantitative estimate of drug-likeness (QED) is 0.0645. The first kappa shape index (κ1) is 56.8. The van der Waals surface area contributed by atoms with Crippen molar-refractivity contribution in [2.45, 2.75) is 189 Å². The van der Waals surface area contributed by atoms with Gasteiger partial charge >= 0.3 is 29.8 Å². The molecule has 2 aromatic heterocycles. The SMILES string of the molecule is CC(C)(C)OC(=O)CN(CC(=O)OC(C)(C)C)C(=O)Cn1ccnc1CN(CCCCCCCCCCC(=O)O)Cc1nccn1CC(=O)N(CC(=O)OC(C)(C)C)CC(=O)OC(C)(C)C. The number of amides is 2. The van der Waals surface area contributed by atoms with Crippen LogP contribution in [0.15, 0.2) is 24.8 Å². The van der Waals surface area contributed by atoms with Crippen molar-refractivity contribution in [2.24, 2.45) is 0 Å². The Bertz CT molecular complexity index is 1720. The van der Waals surface area contributed by atoms with E-state index in [4.69, 9.17) is 24.1 Å². The smallest absolute Gasteiger partial charge is 0.326 e. The fraction of sp³-hybridized carbons (Fsp3) is 0.723. The number of esters is 4. The van der Waals surface area contributed by atoms with E-state index in [1.54, 1.807) is 117 Å². The fourth-order valence-electron chi connectivity index (χ4n) is 6.63. The molecular weight excluding hydrogens is 855 g/mol. The van der Waals surface area contributed by atoms with E-state index in [1.807, 2.05) is 0 Å². The summed E-state index contributed by atoms with van der Waals surface area (Å²) in [5, 5.41) is 8.90. The minimum absolute atomic E-state index is 0.182. The van der Waals surface area contributed by atoms with Crippen molar-refractivity contribution in [1.29, 1.82) is 0 Å². The first-order chi connectivity index (χ1) is 30.5. The maximum absolute atomic E-state index is 13.9. The fourth-order valence-corrected chi connectivity index (χ4v) is 6.63. The zero-order valence-corrected chi connectivity index (χ0v) is 41.6. The molecule has 2 aromatic rings. The Labute approximate surface area is 390 Å². The molecule has 19 heteroatoms. The highest BCUT2D eigenvalue weighted by Gasteiger charge is 2.29. The van der Waals surface area contributed by atoms with Gasteiger partial charge in [-0.2, -0.15) is 0 Å². The van der Waals surface area contributed by atoms with E-state index in [2.05, 4.69) is 14.9 Å². The molecule has 2 amide bonds. The molecule has 19 nitrogen and oxygen atoms in total. The van der Waals surface area contributed by atoms with Gasteiger partial charge in [-0.25, -0.2) is 9.97 Å². The third-order valence-corrected chi connectivity index (χ3v) is 9.22. The van der Waals surface area contributed by atoms with Crippen LogP contribution in [0, 0.1) is 0 Å². The van der Waals surface area contributed by atoms with Gasteiger partial charge in [0, 0.05) is 31.2 Å². The van der Waals surface area contributed by atoms with E-state index in [9.17, 15) is 33.6 Å². The topological polar surface area (TPSA) is 222 Å². The summed E-state index contributed by atoms with van der Waals surface area (Å²) in [6.07, 6.45) is 13.8. The first-order valence-corrected chi connectivity index (χ1v) is 22.9. The van der Waals surface area contributed by atoms with Crippen LogP contribution in [0.4, 0.5) is 0 Å². The van der Waals surface area contributed by atoms with Crippen molar-refractivity contribution in [2.75, 3.05) is 32.7 Å². The molecule has 0 saturated carbocycles. The van der Waals surface area contributed by atoms with Crippen molar-refractivity contribution in [1.82, 2.24) is 33.8 Å². The molecule has 2 rings (SSSR count). The molecule has 0 aromatic carbocycles. The predicted octanol–water partition coefficient (Wildman–Crippen LogP) is 5.70. The van der Waals surface area contributed by atoms with Crippen LogP contribution in [-0.4, -0.2) is 136 Å². The number of carboxylic acid groups (broad SMARTS) is 1. The van der Waals surface area contributed by atoms with Gasteiger partial charge in [0.25, 0.3) is 0 Å². The molecule has 0 bridgehead atoms. The molecule has 0 atom stereocenters. The standard InChI is InChI=1S/C47H77N7O12/c1-44(2,3)63-40(59)31-53(32-41(60)64-45(4,5)6)37(55)29-51-25-22-48-35(51)27-50(24-20-18-16-14-13-15-17-19-21-39(57)58)28-36-49-23-26-52(36)30-38(56)54(33-42(61)65-46(7,8)9)34-43(62)66-47(10,11)12/h22-23,25-26H,13-21,24,27-34H2,1-12H3,(H,57,58). The van der Waals surface area contributed by atoms with E-state index >= 15 is 0 Å². The van der Waals surface area contributed by atoms with Crippen LogP contribution in [0.3, 0.4) is 0 Å². The van der Waals surface area contributed by atoms with Gasteiger partial charge in [0.15, 0.2) is 0 Å². The van der Waals surface area contributed by atoms with E-state index in [0.717, 1.165) is 54.7 Å². The number of rotatable bonds is 27. The van der Waals surface area contributed by atoms with Gasteiger partial charge in [0.05, 0.1) is 13.1 Å². The normalized spacial score (nSPS) is 12.1. The predicted molar refractivity (Wildman–Crippen MR) is 244 cm³/mol. The summed E-state index contributed by atoms with van der Waals surface area (Å²) in [6, 6.07) is 0. The van der Waals surface area contributed by atoms with E-state index < -0.39 is 90.2 Å². The van der Waals surface area contributed by atoms with Crippen LogP contribution in [0.1, 0.15) is 153 Å². The van der Waals surface area contributed by atoms with Crippen molar-refractivity contribution in [3.05, 3.63) is 36.4 Å². The molecule has 0 radical (unpaired) electrons. The summed E-state index contributed by atoms with van der Waals surface area (Å²) in [7, 11) is 0. The Balaban J connectivity index is 2.35. The highest BCUT2D eigenvalue weighted by atomic mass is 16.6. The lowest BCUT2D eigenvalue weighted by atomic mass is 10.1. The molecule has 1 N–H and O–H groups in total. The molecule has 0 unspecified atom stereocenters. The summed E-state index contributed by atoms with van der Waals surface area (Å²) >= 11 is 0. The molecule has 2 heterocycles. The highest BCUT2D eigenvalue weighted by Crippen LogP contribution is 2.17. The summed E-state index contributed by atoms with van der Waals surface area (Å²) in [5.74, 6) is -3.51. The first-order valence-electron chi connectivity index (χ1n) is 22.9. The Morgan fingerprint density at radius 3 is 1.11 bits per heavy atom. The molecule has 0 aliphatic carbocycles. The minimum atomic E-state index is -0.816. The zero-order chi connectivity index (χ0) is 49.9. The minimum Gasteiger partial charge on any atom is -0.481 e. The van der Waals surface area contributed by atoms with Crippen molar-refractivity contribution in [3.63, 3.8) is 0 Å². The maximum Gasteiger partial charge on any atom is 0.326 e. The van der Waals surface area contributed by atoms with E-state index in [-0.39, 0.29) is 32.6 Å². The number of aromatic nitrogens is 4. The second-order valence-corrected chi connectivity index (χ2v) is 20.5. The van der Waals surface area contributed by atoms with Gasteiger partial charge in [0.1, 0.15) is 73.3 Å². The molecule has 0 spiro atoms. The number of aliphatic carboxylic acids is 1. The Kier molecular flexibility index (Phi) is 22.5. The summed E-state index contributed by atoms with van der Waals surface area (Å²) in [6.45, 7) is 19.2. The number of hydrogen-bond acceptors (Lipinski definition) is 14. The number of ether oxygens (including phenoxy) is 4. The molecule has 66 heavy (non-hydrogen) atoms. The van der Waals surface area contributed by atoms with Crippen LogP contribution >= 0.6 is 0 Å². The van der Waals surface area contributed by atoms with Gasteiger partial charge in [-0.3, -0.25) is 38.5 Å². The second-order valence-electron chi connectivity index (χ2n) is 20.5. The van der Waals surface area contributed by atoms with Gasteiger partial charge < -0.3 is 43.0 Å². The number of carbonyl (C=O) groups excluding carboxylic acids is 6. The number of carboxylic acids is 1. The lowest BCUT2D eigenvalue weighted by Crippen LogP contribution is -2.44. The van der Waals surface area contributed by atoms with Gasteiger partial charge in [-0.15, -0.1) is 0 Å². The Hall–Kier alpha value is -5.33. The third kappa shape index (κ3) is 25.4. The highest BCUT2D eigenvalue weighted by molar-refractivity contribution is 5.87. The Morgan fingerprint density at radius 2 is 0.803 bits per heavy atom. The van der Waals surface area contributed by atoms with Crippen molar-refractivity contribution in [3.8, 4) is 0 Å². The van der Waals surface area contributed by atoms with Crippen molar-refractivity contribution < 1.29 is 57.6 Å². The second kappa shape index (κ2) is 26.1. The average molecular weight is 932 g/mol. The number of unbranched alkanes of at least 4 members (excludes halogenated alkanes) is 7. The Morgan fingerprint density at radius 1 is 0.500 bits per heavy atom. The summed E-state index contributed by atoms with van der Waals surface area (Å²) < 4.78 is 25.2. The molecule has 0 aliphatic heterocycles. The molecule has 372 valence electrons.